The minimum atomic E-state index is 0.0219. The van der Waals surface area contributed by atoms with E-state index in [1.807, 2.05) is 30.3 Å². The first kappa shape index (κ1) is 18.7. The van der Waals surface area contributed by atoms with E-state index >= 15 is 0 Å². The number of rotatable bonds is 7. The number of hydrogen-bond acceptors (Lipinski definition) is 6. The summed E-state index contributed by atoms with van der Waals surface area (Å²) in [6, 6.07) is 16.7. The Kier molecular flexibility index (Phi) is 6.07. The highest BCUT2D eigenvalue weighted by Crippen LogP contribution is 2.33. The van der Waals surface area contributed by atoms with Gasteiger partial charge in [-0.05, 0) is 49.2 Å². The molecule has 2 aromatic carbocycles. The molecule has 3 aromatic rings. The van der Waals surface area contributed by atoms with Crippen molar-refractivity contribution in [1.82, 2.24) is 10.2 Å². The fourth-order valence-electron chi connectivity index (χ4n) is 3.34. The molecule has 5 nitrogen and oxygen atoms in total. The van der Waals surface area contributed by atoms with E-state index in [1.54, 1.807) is 24.3 Å². The van der Waals surface area contributed by atoms with Crippen LogP contribution in [0.1, 0.15) is 54.3 Å². The van der Waals surface area contributed by atoms with Gasteiger partial charge in [0.2, 0.25) is 5.89 Å². The monoisotopic (exact) mass is 394 g/mol. The maximum Gasteiger partial charge on any atom is 0.277 e. The van der Waals surface area contributed by atoms with Crippen molar-refractivity contribution in [3.8, 4) is 11.5 Å². The number of ether oxygens (including phenoxy) is 1. The Hall–Kier alpha value is -2.60. The quantitative estimate of drug-likeness (QED) is 0.368. The van der Waals surface area contributed by atoms with Crippen molar-refractivity contribution in [1.29, 1.82) is 0 Å². The number of hydrogen-bond donors (Lipinski definition) is 0. The van der Waals surface area contributed by atoms with Crippen molar-refractivity contribution in [2.24, 2.45) is 0 Å². The molecule has 1 aromatic heterocycles. The summed E-state index contributed by atoms with van der Waals surface area (Å²) in [4.78, 5) is 12.4. The first-order valence-electron chi connectivity index (χ1n) is 9.60. The summed E-state index contributed by atoms with van der Waals surface area (Å²) >= 11 is 1.29. The topological polar surface area (TPSA) is 65.2 Å². The van der Waals surface area contributed by atoms with Crippen LogP contribution in [0, 0.1) is 0 Å². The van der Waals surface area contributed by atoms with E-state index in [0.29, 0.717) is 22.5 Å². The van der Waals surface area contributed by atoms with Gasteiger partial charge in [0.25, 0.3) is 5.22 Å². The van der Waals surface area contributed by atoms with Gasteiger partial charge >= 0.3 is 0 Å². The number of carbonyl (C=O) groups is 1. The van der Waals surface area contributed by atoms with Crippen molar-refractivity contribution in [3.63, 3.8) is 0 Å². The molecule has 0 amide bonds. The highest BCUT2D eigenvalue weighted by Gasteiger charge is 2.21. The van der Waals surface area contributed by atoms with Crippen LogP contribution in [0.4, 0.5) is 0 Å². The molecule has 1 fully saturated rings. The molecule has 0 N–H and O–H groups in total. The number of carbonyl (C=O) groups excluding carboxylic acids is 1. The van der Waals surface area contributed by atoms with Gasteiger partial charge in [0, 0.05) is 11.5 Å². The fraction of sp³-hybridized carbons (Fsp3) is 0.318. The summed E-state index contributed by atoms with van der Waals surface area (Å²) in [5, 5.41) is 8.74. The van der Waals surface area contributed by atoms with Crippen molar-refractivity contribution < 1.29 is 13.9 Å². The summed E-state index contributed by atoms with van der Waals surface area (Å²) < 4.78 is 11.5. The molecule has 6 heteroatoms. The van der Waals surface area contributed by atoms with E-state index in [2.05, 4.69) is 10.2 Å². The molecule has 0 unspecified atom stereocenters. The Morgan fingerprint density at radius 1 is 0.964 bits per heavy atom. The Labute approximate surface area is 168 Å². The molecular weight excluding hydrogens is 372 g/mol. The number of ketones is 1. The predicted octanol–water partition coefficient (Wildman–Crippen LogP) is 5.88. The molecule has 1 aliphatic rings. The first-order valence-corrected chi connectivity index (χ1v) is 10.6. The third-order valence-corrected chi connectivity index (χ3v) is 5.68. The van der Waals surface area contributed by atoms with Gasteiger partial charge in [-0.1, -0.05) is 49.2 Å². The Morgan fingerprint density at radius 2 is 1.68 bits per heavy atom. The molecule has 0 aliphatic heterocycles. The zero-order valence-corrected chi connectivity index (χ0v) is 16.4. The largest absolute Gasteiger partial charge is 0.457 e. The van der Waals surface area contributed by atoms with Gasteiger partial charge in [-0.2, -0.15) is 0 Å². The maximum atomic E-state index is 12.4. The molecule has 0 atom stereocenters. The second-order valence-corrected chi connectivity index (χ2v) is 7.82. The van der Waals surface area contributed by atoms with Crippen LogP contribution in [0.5, 0.6) is 11.5 Å². The number of thioether (sulfide) groups is 1. The van der Waals surface area contributed by atoms with Crippen LogP contribution >= 0.6 is 11.8 Å². The summed E-state index contributed by atoms with van der Waals surface area (Å²) in [6.07, 6.45) is 5.96. The summed E-state index contributed by atoms with van der Waals surface area (Å²) in [5.41, 5.74) is 0.639. The standard InChI is InChI=1S/C22H22N2O3S/c25-20(15-28-22-24-23-21(27-22)17-7-3-1-4-8-17)16-11-13-19(14-12-16)26-18-9-5-2-6-10-18/h2,5-6,9-14,17H,1,3-4,7-8,15H2. The van der Waals surface area contributed by atoms with Gasteiger partial charge in [-0.3, -0.25) is 4.79 Å². The average Bonchev–Trinajstić information content (AvgIpc) is 3.23. The van der Waals surface area contributed by atoms with E-state index in [0.717, 1.165) is 24.5 Å². The zero-order chi connectivity index (χ0) is 19.2. The van der Waals surface area contributed by atoms with Crippen LogP contribution in [0.25, 0.3) is 0 Å². The SMILES string of the molecule is O=C(CSc1nnc(C2CCCCC2)o1)c1ccc(Oc2ccccc2)cc1. The van der Waals surface area contributed by atoms with Gasteiger partial charge in [0.1, 0.15) is 11.5 Å². The maximum absolute atomic E-state index is 12.4. The Balaban J connectivity index is 1.30. The van der Waals surface area contributed by atoms with Crippen LogP contribution in [-0.4, -0.2) is 21.7 Å². The van der Waals surface area contributed by atoms with E-state index in [1.165, 1.54) is 31.0 Å². The molecule has 1 saturated carbocycles. The van der Waals surface area contributed by atoms with Gasteiger partial charge in [0.15, 0.2) is 5.78 Å². The number of para-hydroxylation sites is 1. The normalized spacial score (nSPS) is 14.7. The van der Waals surface area contributed by atoms with E-state index in [9.17, 15) is 4.79 Å². The van der Waals surface area contributed by atoms with E-state index in [4.69, 9.17) is 9.15 Å². The third kappa shape index (κ3) is 4.81. The molecule has 1 aliphatic carbocycles. The van der Waals surface area contributed by atoms with Gasteiger partial charge in [-0.15, -0.1) is 10.2 Å². The third-order valence-electron chi connectivity index (χ3n) is 4.86. The van der Waals surface area contributed by atoms with Crippen LogP contribution < -0.4 is 4.74 Å². The molecule has 0 radical (unpaired) electrons. The molecular formula is C22H22N2O3S. The summed E-state index contributed by atoms with van der Waals surface area (Å²) in [6.45, 7) is 0. The Morgan fingerprint density at radius 3 is 2.43 bits per heavy atom. The van der Waals surface area contributed by atoms with Gasteiger partial charge < -0.3 is 9.15 Å². The van der Waals surface area contributed by atoms with Crippen molar-refractivity contribution in [2.75, 3.05) is 5.75 Å². The van der Waals surface area contributed by atoms with Gasteiger partial charge in [0.05, 0.1) is 5.75 Å². The smallest absolute Gasteiger partial charge is 0.277 e. The Bertz CT molecular complexity index is 903. The second-order valence-electron chi connectivity index (χ2n) is 6.89. The number of nitrogens with zero attached hydrogens (tertiary/aromatic N) is 2. The van der Waals surface area contributed by atoms with Crippen molar-refractivity contribution >= 4 is 17.5 Å². The lowest BCUT2D eigenvalue weighted by atomic mass is 9.89. The van der Waals surface area contributed by atoms with Crippen LogP contribution in [0.2, 0.25) is 0 Å². The molecule has 0 spiro atoms. The van der Waals surface area contributed by atoms with Crippen LogP contribution in [0.15, 0.2) is 64.2 Å². The van der Waals surface area contributed by atoms with E-state index in [-0.39, 0.29) is 11.5 Å². The highest BCUT2D eigenvalue weighted by atomic mass is 32.2. The predicted molar refractivity (Wildman–Crippen MR) is 108 cm³/mol. The summed E-state index contributed by atoms with van der Waals surface area (Å²) in [7, 11) is 0. The molecule has 4 rings (SSSR count). The molecule has 0 saturated heterocycles. The zero-order valence-electron chi connectivity index (χ0n) is 15.5. The number of Topliss-reactive ketones (excluding diaryl/α,β-unsaturated/α-hetero) is 1. The average molecular weight is 394 g/mol. The minimum Gasteiger partial charge on any atom is -0.457 e. The minimum absolute atomic E-state index is 0.0219. The van der Waals surface area contributed by atoms with Crippen LogP contribution in [-0.2, 0) is 0 Å². The lowest BCUT2D eigenvalue weighted by molar-refractivity contribution is 0.102. The lowest BCUT2D eigenvalue weighted by Gasteiger charge is -2.17. The van der Waals surface area contributed by atoms with Crippen LogP contribution in [0.3, 0.4) is 0 Å². The molecule has 144 valence electrons. The van der Waals surface area contributed by atoms with Crippen molar-refractivity contribution in [3.05, 3.63) is 66.1 Å². The molecule has 28 heavy (non-hydrogen) atoms. The van der Waals surface area contributed by atoms with E-state index < -0.39 is 0 Å². The highest BCUT2D eigenvalue weighted by molar-refractivity contribution is 7.99. The fourth-order valence-corrected chi connectivity index (χ4v) is 4.00. The number of aromatic nitrogens is 2. The van der Waals surface area contributed by atoms with Gasteiger partial charge in [-0.25, -0.2) is 0 Å². The molecule has 1 heterocycles. The first-order chi connectivity index (χ1) is 13.8. The summed E-state index contributed by atoms with van der Waals surface area (Å²) in [5.74, 6) is 2.85. The number of benzene rings is 2. The second kappa shape index (κ2) is 9.06. The van der Waals surface area contributed by atoms with Crippen molar-refractivity contribution in [2.45, 2.75) is 43.2 Å². The lowest BCUT2D eigenvalue weighted by Crippen LogP contribution is -2.04. The molecule has 0 bridgehead atoms.